The van der Waals surface area contributed by atoms with Gasteiger partial charge in [0.05, 0.1) is 17.7 Å². The Kier molecular flexibility index (Phi) is 8.71. The van der Waals surface area contributed by atoms with Gasteiger partial charge < -0.3 is 15.4 Å². The predicted octanol–water partition coefficient (Wildman–Crippen LogP) is 1.08. The number of nitrogens with zero attached hydrogens (tertiary/aromatic N) is 1. The van der Waals surface area contributed by atoms with E-state index in [1.807, 2.05) is 13.8 Å². The molecule has 1 heterocycles. The number of carbonyl (C=O) groups is 3. The molecule has 7 nitrogen and oxygen atoms in total. The quantitative estimate of drug-likeness (QED) is 0.492. The van der Waals surface area contributed by atoms with Gasteiger partial charge in [-0.1, -0.05) is 26.0 Å². The summed E-state index contributed by atoms with van der Waals surface area (Å²) in [5, 5.41) is 5.92. The fourth-order valence-corrected chi connectivity index (χ4v) is 2.86. The smallest absolute Gasteiger partial charge is 0.262 e. The van der Waals surface area contributed by atoms with Crippen molar-refractivity contribution in [2.24, 2.45) is 5.92 Å². The Morgan fingerprint density at radius 1 is 1.08 bits per heavy atom. The monoisotopic (exact) mass is 383 g/mol. The average Bonchev–Trinajstić information content (AvgIpc) is 2.83. The van der Waals surface area contributed by atoms with E-state index in [0.29, 0.717) is 37.4 Å². The van der Waals surface area contributed by atoms with Crippen LogP contribution in [0.3, 0.4) is 0 Å². The van der Waals surface area contributed by atoms with Crippen molar-refractivity contribution in [1.29, 1.82) is 0 Å². The van der Waals surface area contributed by atoms with E-state index in [1.54, 1.807) is 31.4 Å². The molecule has 0 saturated carbocycles. The molecule has 0 saturated heterocycles. The fourth-order valence-electron chi connectivity index (χ4n) is 2.86. The fraction of sp³-hybridized carbons (Fsp3) is 0.500. The van der Waals surface area contributed by atoms with Gasteiger partial charge in [-0.25, -0.2) is 0 Å². The number of benzene rings is 1. The molecule has 1 unspecified atom stereocenters. The van der Waals surface area contributed by atoms with E-state index in [9.17, 15) is 14.4 Å². The van der Waals surface area contributed by atoms with Crippen LogP contribution in [0, 0.1) is 5.92 Å². The number of carbonyl (C=O) groups excluding carboxylic acids is 3. The van der Waals surface area contributed by atoms with Crippen LogP contribution in [-0.2, 0) is 9.53 Å². The first kappa shape index (κ1) is 22.1. The van der Waals surface area contributed by atoms with Crippen LogP contribution in [0.2, 0.25) is 0 Å². The lowest BCUT2D eigenvalue weighted by Crippen LogP contribution is -2.53. The third-order valence-electron chi connectivity index (χ3n) is 4.09. The molecule has 0 fully saturated rings. The van der Waals surface area contributed by atoms with Gasteiger partial charge in [-0.2, -0.15) is 0 Å². The maximum absolute atomic E-state index is 12.6. The number of rotatable bonds is 9. The standard InChI is InChI=1S/C18H25N3O4.ClH/c1-12(2)15(16(22)20-9-8-19-10-11-25-3)21-17(23)13-6-4-5-7-14(13)18(21)24;/h4-7,12,15,19H,8-11H2,1-3H3,(H,20,22);1H. The second kappa shape index (κ2) is 10.3. The highest BCUT2D eigenvalue weighted by Crippen LogP contribution is 2.27. The summed E-state index contributed by atoms with van der Waals surface area (Å²) in [5.41, 5.74) is 0.708. The van der Waals surface area contributed by atoms with Crippen molar-refractivity contribution >= 4 is 30.1 Å². The van der Waals surface area contributed by atoms with Crippen LogP contribution in [0.25, 0.3) is 0 Å². The Balaban J connectivity index is 0.00000338. The Morgan fingerprint density at radius 3 is 2.15 bits per heavy atom. The van der Waals surface area contributed by atoms with Crippen molar-refractivity contribution in [2.45, 2.75) is 19.9 Å². The van der Waals surface area contributed by atoms with E-state index >= 15 is 0 Å². The van der Waals surface area contributed by atoms with Crippen molar-refractivity contribution in [3.8, 4) is 0 Å². The molecule has 0 radical (unpaired) electrons. The van der Waals surface area contributed by atoms with Gasteiger partial charge in [0.25, 0.3) is 11.8 Å². The maximum atomic E-state index is 12.6. The average molecular weight is 384 g/mol. The Morgan fingerprint density at radius 2 is 1.65 bits per heavy atom. The highest BCUT2D eigenvalue weighted by molar-refractivity contribution is 6.22. The zero-order valence-electron chi connectivity index (χ0n) is 15.3. The van der Waals surface area contributed by atoms with E-state index in [0.717, 1.165) is 4.90 Å². The molecular weight excluding hydrogens is 358 g/mol. The molecule has 1 aliphatic rings. The van der Waals surface area contributed by atoms with Crippen molar-refractivity contribution < 1.29 is 19.1 Å². The molecule has 0 spiro atoms. The van der Waals surface area contributed by atoms with Gasteiger partial charge in [0.15, 0.2) is 0 Å². The highest BCUT2D eigenvalue weighted by atomic mass is 35.5. The largest absolute Gasteiger partial charge is 0.383 e. The van der Waals surface area contributed by atoms with Crippen molar-refractivity contribution in [1.82, 2.24) is 15.5 Å². The first-order valence-corrected chi connectivity index (χ1v) is 8.43. The number of halogens is 1. The van der Waals surface area contributed by atoms with E-state index in [-0.39, 0.29) is 24.2 Å². The van der Waals surface area contributed by atoms with Gasteiger partial charge in [0.1, 0.15) is 6.04 Å². The second-order valence-electron chi connectivity index (χ2n) is 6.25. The molecule has 8 heteroatoms. The van der Waals surface area contributed by atoms with E-state index < -0.39 is 17.9 Å². The van der Waals surface area contributed by atoms with Gasteiger partial charge in [-0.3, -0.25) is 19.3 Å². The van der Waals surface area contributed by atoms with Crippen LogP contribution in [0.1, 0.15) is 34.6 Å². The molecule has 0 aromatic heterocycles. The van der Waals surface area contributed by atoms with Gasteiger partial charge >= 0.3 is 0 Å². The summed E-state index contributed by atoms with van der Waals surface area (Å²) >= 11 is 0. The van der Waals surface area contributed by atoms with Gasteiger partial charge in [-0.15, -0.1) is 12.4 Å². The summed E-state index contributed by atoms with van der Waals surface area (Å²) < 4.78 is 4.93. The molecule has 1 aromatic carbocycles. The van der Waals surface area contributed by atoms with E-state index in [4.69, 9.17) is 4.74 Å². The van der Waals surface area contributed by atoms with Gasteiger partial charge in [-0.05, 0) is 18.1 Å². The molecule has 0 aliphatic carbocycles. The molecule has 144 valence electrons. The van der Waals surface area contributed by atoms with Crippen LogP contribution in [0.4, 0.5) is 0 Å². The van der Waals surface area contributed by atoms with Crippen molar-refractivity contribution in [3.05, 3.63) is 35.4 Å². The third-order valence-corrected chi connectivity index (χ3v) is 4.09. The van der Waals surface area contributed by atoms with E-state index in [2.05, 4.69) is 10.6 Å². The molecular formula is C18H26ClN3O4. The lowest BCUT2D eigenvalue weighted by molar-refractivity contribution is -0.126. The molecule has 2 rings (SSSR count). The highest BCUT2D eigenvalue weighted by Gasteiger charge is 2.43. The molecule has 1 atom stereocenters. The second-order valence-corrected chi connectivity index (χ2v) is 6.25. The molecule has 1 aliphatic heterocycles. The summed E-state index contributed by atoms with van der Waals surface area (Å²) in [6, 6.07) is 5.83. The summed E-state index contributed by atoms with van der Waals surface area (Å²) in [5.74, 6) is -1.33. The summed E-state index contributed by atoms with van der Waals surface area (Å²) in [7, 11) is 1.62. The Bertz CT molecular complexity index is 616. The number of amides is 3. The minimum absolute atomic E-state index is 0. The van der Waals surface area contributed by atoms with Crippen molar-refractivity contribution in [2.75, 3.05) is 33.4 Å². The number of nitrogens with one attached hydrogen (secondary N) is 2. The predicted molar refractivity (Wildman–Crippen MR) is 101 cm³/mol. The number of hydrogen-bond acceptors (Lipinski definition) is 5. The normalized spacial score (nSPS) is 14.2. The third kappa shape index (κ3) is 4.81. The lowest BCUT2D eigenvalue weighted by atomic mass is 10.0. The van der Waals surface area contributed by atoms with Crippen molar-refractivity contribution in [3.63, 3.8) is 0 Å². The Labute approximate surface area is 159 Å². The molecule has 26 heavy (non-hydrogen) atoms. The maximum Gasteiger partial charge on any atom is 0.262 e. The minimum atomic E-state index is -0.827. The molecule has 1 aromatic rings. The first-order valence-electron chi connectivity index (χ1n) is 8.43. The minimum Gasteiger partial charge on any atom is -0.383 e. The van der Waals surface area contributed by atoms with Crippen LogP contribution < -0.4 is 10.6 Å². The zero-order valence-corrected chi connectivity index (χ0v) is 16.1. The molecule has 0 bridgehead atoms. The molecule has 3 amide bonds. The van der Waals surface area contributed by atoms with Gasteiger partial charge in [0, 0.05) is 26.7 Å². The van der Waals surface area contributed by atoms with Crippen LogP contribution in [0.15, 0.2) is 24.3 Å². The number of fused-ring (bicyclic) bond motifs is 1. The van der Waals surface area contributed by atoms with Crippen LogP contribution >= 0.6 is 12.4 Å². The lowest BCUT2D eigenvalue weighted by Gasteiger charge is -2.28. The number of methoxy groups -OCH3 is 1. The van der Waals surface area contributed by atoms with Crippen LogP contribution in [0.5, 0.6) is 0 Å². The zero-order chi connectivity index (χ0) is 18.4. The molecule has 2 N–H and O–H groups in total. The number of ether oxygens (including phenoxy) is 1. The first-order chi connectivity index (χ1) is 12.0. The SMILES string of the molecule is COCCNCCNC(=O)C(C(C)C)N1C(=O)c2ccccc2C1=O.Cl. The summed E-state index contributed by atoms with van der Waals surface area (Å²) in [6.45, 7) is 5.93. The number of imide groups is 1. The van der Waals surface area contributed by atoms with Crippen LogP contribution in [-0.4, -0.2) is 62.0 Å². The Hall–Kier alpha value is -1.96. The summed E-state index contributed by atoms with van der Waals surface area (Å²) in [4.78, 5) is 38.9. The van der Waals surface area contributed by atoms with E-state index in [1.165, 1.54) is 0 Å². The number of hydrogen-bond donors (Lipinski definition) is 2. The summed E-state index contributed by atoms with van der Waals surface area (Å²) in [6.07, 6.45) is 0. The topological polar surface area (TPSA) is 87.7 Å². The van der Waals surface area contributed by atoms with Gasteiger partial charge in [0.2, 0.25) is 5.91 Å².